The van der Waals surface area contributed by atoms with E-state index in [4.69, 9.17) is 9.84 Å². The molecule has 0 fully saturated rings. The number of rotatable bonds is 12. The molecule has 0 amide bonds. The van der Waals surface area contributed by atoms with Gasteiger partial charge >= 0.3 is 5.97 Å². The summed E-state index contributed by atoms with van der Waals surface area (Å²) in [6.45, 7) is 4.30. The summed E-state index contributed by atoms with van der Waals surface area (Å²) in [5.41, 5.74) is 2.85. The minimum atomic E-state index is -1.20. The van der Waals surface area contributed by atoms with Crippen LogP contribution in [0.3, 0.4) is 0 Å². The van der Waals surface area contributed by atoms with Crippen LogP contribution in [0.25, 0.3) is 6.08 Å². The normalized spacial score (nSPS) is 15.0. The molecule has 1 aliphatic rings. The number of fused-ring (bicyclic) bond motifs is 1. The van der Waals surface area contributed by atoms with E-state index in [0.29, 0.717) is 5.92 Å². The zero-order valence-corrected chi connectivity index (χ0v) is 19.7. The Balaban J connectivity index is 1.56. The second kappa shape index (κ2) is 11.6. The Labute approximate surface area is 199 Å². The summed E-state index contributed by atoms with van der Waals surface area (Å²) < 4.78 is 33.3. The van der Waals surface area contributed by atoms with Crippen molar-refractivity contribution in [2.24, 2.45) is 5.92 Å². The molecule has 1 atom stereocenters. The summed E-state index contributed by atoms with van der Waals surface area (Å²) in [4.78, 5) is 10.7. The van der Waals surface area contributed by atoms with Gasteiger partial charge in [-0.2, -0.15) is 4.39 Å². The van der Waals surface area contributed by atoms with Gasteiger partial charge in [-0.05, 0) is 72.9 Å². The Morgan fingerprint density at radius 1 is 1.21 bits per heavy atom. The van der Waals surface area contributed by atoms with Gasteiger partial charge in [0.15, 0.2) is 11.6 Å². The summed E-state index contributed by atoms with van der Waals surface area (Å²) in [6.07, 6.45) is 5.95. The Kier molecular flexibility index (Phi) is 8.80. The van der Waals surface area contributed by atoms with Crippen molar-refractivity contribution in [2.45, 2.75) is 57.6 Å². The van der Waals surface area contributed by atoms with E-state index in [9.17, 15) is 18.7 Å². The molecule has 0 unspecified atom stereocenters. The van der Waals surface area contributed by atoms with Crippen molar-refractivity contribution >= 4 is 12.0 Å². The third-order valence-electron chi connectivity index (χ3n) is 6.75. The molecule has 0 bridgehead atoms. The smallest absolute Gasteiger partial charge is 0.328 e. The second-order valence-electron chi connectivity index (χ2n) is 9.07. The number of carboxylic acids is 1. The number of halogens is 2. The van der Waals surface area contributed by atoms with E-state index in [1.807, 2.05) is 0 Å². The van der Waals surface area contributed by atoms with Gasteiger partial charge in [0, 0.05) is 18.2 Å². The fourth-order valence-electron chi connectivity index (χ4n) is 4.74. The monoisotopic (exact) mass is 473 g/mol. The Bertz CT molecular complexity index is 995. The van der Waals surface area contributed by atoms with Crippen LogP contribution >= 0.6 is 0 Å². The molecule has 0 saturated carbocycles. The van der Waals surface area contributed by atoms with Gasteiger partial charge in [-0.25, -0.2) is 9.18 Å². The minimum absolute atomic E-state index is 0.132. The molecular formula is C27H33F2NO4. The van der Waals surface area contributed by atoms with E-state index in [1.165, 1.54) is 17.2 Å². The van der Waals surface area contributed by atoms with Crippen molar-refractivity contribution < 1.29 is 28.5 Å². The lowest BCUT2D eigenvalue weighted by Crippen LogP contribution is -2.49. The van der Waals surface area contributed by atoms with Gasteiger partial charge in [0.05, 0.1) is 0 Å². The number of hydrogen-bond acceptors (Lipinski definition) is 4. The van der Waals surface area contributed by atoms with Crippen molar-refractivity contribution in [2.75, 3.05) is 13.2 Å². The Morgan fingerprint density at radius 3 is 2.44 bits per heavy atom. The molecule has 0 saturated heterocycles. The summed E-state index contributed by atoms with van der Waals surface area (Å²) in [5.74, 6) is -3.36. The number of nitrogens with one attached hydrogen (secondary N) is 1. The van der Waals surface area contributed by atoms with Crippen LogP contribution in [0.4, 0.5) is 8.78 Å². The van der Waals surface area contributed by atoms with Crippen LogP contribution in [0.5, 0.6) is 5.75 Å². The molecule has 1 aliphatic carbocycles. The third-order valence-corrected chi connectivity index (χ3v) is 6.75. The number of β-amino-alcohol motifs (C(OH)–C–C–N with tert-alkyl or cyclic N) is 1. The number of carbonyl (C=O) groups is 1. The van der Waals surface area contributed by atoms with Gasteiger partial charge in [-0.3, -0.25) is 0 Å². The molecule has 5 nitrogen and oxygen atoms in total. The molecule has 0 aliphatic heterocycles. The highest BCUT2D eigenvalue weighted by atomic mass is 19.2. The number of carboxylic acid groups (broad SMARTS) is 1. The first-order valence-corrected chi connectivity index (χ1v) is 11.8. The number of aliphatic hydroxyl groups is 1. The number of hydrogen-bond donors (Lipinski definition) is 3. The van der Waals surface area contributed by atoms with Gasteiger partial charge < -0.3 is 20.3 Å². The minimum Gasteiger partial charge on any atom is -0.488 e. The zero-order chi connectivity index (χ0) is 24.7. The lowest BCUT2D eigenvalue weighted by atomic mass is 9.81. The largest absolute Gasteiger partial charge is 0.488 e. The molecular weight excluding hydrogens is 440 g/mol. The first-order chi connectivity index (χ1) is 16.2. The lowest BCUT2D eigenvalue weighted by molar-refractivity contribution is -0.131. The topological polar surface area (TPSA) is 78.8 Å². The Hall–Kier alpha value is -2.77. The number of benzene rings is 2. The third kappa shape index (κ3) is 6.64. The van der Waals surface area contributed by atoms with Crippen LogP contribution < -0.4 is 10.1 Å². The van der Waals surface area contributed by atoms with Crippen molar-refractivity contribution in [3.05, 3.63) is 70.8 Å². The summed E-state index contributed by atoms with van der Waals surface area (Å²) in [5, 5.41) is 22.7. The Morgan fingerprint density at radius 2 is 1.85 bits per heavy atom. The predicted octanol–water partition coefficient (Wildman–Crippen LogP) is 4.76. The maximum atomic E-state index is 14.1. The van der Waals surface area contributed by atoms with Crippen LogP contribution in [0.15, 0.2) is 42.5 Å². The van der Waals surface area contributed by atoms with Crippen LogP contribution in [0.2, 0.25) is 0 Å². The lowest BCUT2D eigenvalue weighted by Gasteiger charge is -2.36. The molecule has 3 rings (SSSR count). The van der Waals surface area contributed by atoms with E-state index in [0.717, 1.165) is 50.3 Å². The average Bonchev–Trinajstić information content (AvgIpc) is 3.23. The summed E-state index contributed by atoms with van der Waals surface area (Å²) in [7, 11) is 0. The highest BCUT2D eigenvalue weighted by Crippen LogP contribution is 2.34. The standard InChI is InChI=1S/C27H33F2NO4/c1-3-27(4-2,15-19-11-20-7-5-6-8-21(20)12-19)30-16-22(31)17-34-24-14-18(9-10-25(32)33)13-23(28)26(24)29/h5-10,13-14,19,22,30-31H,3-4,11-12,15-17H2,1-2H3,(H,32,33)/t22-/m1/s1. The van der Waals surface area contributed by atoms with Crippen LogP contribution in [0, 0.1) is 17.6 Å². The molecule has 0 aromatic heterocycles. The maximum Gasteiger partial charge on any atom is 0.328 e. The molecule has 2 aromatic rings. The number of aliphatic carboxylic acids is 1. The number of ether oxygens (including phenoxy) is 1. The van der Waals surface area contributed by atoms with Gasteiger partial charge in [-0.15, -0.1) is 0 Å². The van der Waals surface area contributed by atoms with Gasteiger partial charge in [0.1, 0.15) is 12.7 Å². The van der Waals surface area contributed by atoms with Crippen molar-refractivity contribution in [3.63, 3.8) is 0 Å². The summed E-state index contributed by atoms with van der Waals surface area (Å²) in [6, 6.07) is 10.6. The van der Waals surface area contributed by atoms with E-state index in [-0.39, 0.29) is 30.0 Å². The van der Waals surface area contributed by atoms with E-state index >= 15 is 0 Å². The quantitative estimate of drug-likeness (QED) is 0.388. The maximum absolute atomic E-state index is 14.1. The SMILES string of the molecule is CCC(CC)(CC1Cc2ccccc2C1)NC[C@@H](O)COc1cc(C=CC(=O)O)cc(F)c1F. The van der Waals surface area contributed by atoms with Crippen LogP contribution in [-0.2, 0) is 17.6 Å². The van der Waals surface area contributed by atoms with Crippen molar-refractivity contribution in [3.8, 4) is 5.75 Å². The van der Waals surface area contributed by atoms with Crippen molar-refractivity contribution in [1.82, 2.24) is 5.32 Å². The van der Waals surface area contributed by atoms with Crippen molar-refractivity contribution in [1.29, 1.82) is 0 Å². The molecule has 7 heteroatoms. The number of aliphatic hydroxyl groups excluding tert-OH is 1. The molecule has 0 radical (unpaired) electrons. The molecule has 2 aromatic carbocycles. The summed E-state index contributed by atoms with van der Waals surface area (Å²) >= 11 is 0. The highest BCUT2D eigenvalue weighted by molar-refractivity contribution is 5.85. The second-order valence-corrected chi connectivity index (χ2v) is 9.07. The van der Waals surface area contributed by atoms with Crippen LogP contribution in [-0.4, -0.2) is 41.0 Å². The molecule has 0 spiro atoms. The molecule has 34 heavy (non-hydrogen) atoms. The fraction of sp³-hybridized carbons (Fsp3) is 0.444. The average molecular weight is 474 g/mol. The molecule has 0 heterocycles. The van der Waals surface area contributed by atoms with Gasteiger partial charge in [-0.1, -0.05) is 38.1 Å². The van der Waals surface area contributed by atoms with E-state index in [1.54, 1.807) is 0 Å². The van der Waals surface area contributed by atoms with E-state index < -0.39 is 23.7 Å². The predicted molar refractivity (Wildman–Crippen MR) is 128 cm³/mol. The van der Waals surface area contributed by atoms with E-state index in [2.05, 4.69) is 43.4 Å². The fourth-order valence-corrected chi connectivity index (χ4v) is 4.74. The molecule has 3 N–H and O–H groups in total. The van der Waals surface area contributed by atoms with Gasteiger partial charge in [0.25, 0.3) is 0 Å². The molecule has 184 valence electrons. The van der Waals surface area contributed by atoms with Gasteiger partial charge in [0.2, 0.25) is 5.82 Å². The first-order valence-electron chi connectivity index (χ1n) is 11.8. The first kappa shape index (κ1) is 25.8. The van der Waals surface area contributed by atoms with Crippen LogP contribution in [0.1, 0.15) is 49.8 Å². The zero-order valence-electron chi connectivity index (χ0n) is 19.7. The highest BCUT2D eigenvalue weighted by Gasteiger charge is 2.32.